The highest BCUT2D eigenvalue weighted by Gasteiger charge is 2.17. The molecule has 0 fully saturated rings. The van der Waals surface area contributed by atoms with Gasteiger partial charge in [0, 0.05) is 24.0 Å². The SMILES string of the molecule is COc1cc(C(C)C)c(Oc2cnc(N)nc2N)cc1-n1cccn1. The summed E-state index contributed by atoms with van der Waals surface area (Å²) in [4.78, 5) is 7.86. The van der Waals surface area contributed by atoms with Crippen LogP contribution < -0.4 is 20.9 Å². The smallest absolute Gasteiger partial charge is 0.222 e. The van der Waals surface area contributed by atoms with E-state index in [1.165, 1.54) is 6.20 Å². The molecule has 8 heteroatoms. The molecule has 130 valence electrons. The average Bonchev–Trinajstić information content (AvgIpc) is 3.11. The van der Waals surface area contributed by atoms with Crippen LogP contribution >= 0.6 is 0 Å². The summed E-state index contributed by atoms with van der Waals surface area (Å²) in [7, 11) is 1.62. The van der Waals surface area contributed by atoms with Gasteiger partial charge in [0.1, 0.15) is 17.2 Å². The minimum atomic E-state index is 0.0981. The second-order valence-corrected chi connectivity index (χ2v) is 5.75. The van der Waals surface area contributed by atoms with Crippen LogP contribution in [0, 0.1) is 0 Å². The van der Waals surface area contributed by atoms with Crippen LogP contribution in [0.5, 0.6) is 17.2 Å². The van der Waals surface area contributed by atoms with Crippen molar-refractivity contribution in [3.63, 3.8) is 0 Å². The molecule has 0 amide bonds. The minimum absolute atomic E-state index is 0.0981. The number of anilines is 2. The lowest BCUT2D eigenvalue weighted by Gasteiger charge is -2.18. The summed E-state index contributed by atoms with van der Waals surface area (Å²) >= 11 is 0. The molecule has 0 aliphatic rings. The van der Waals surface area contributed by atoms with Crippen molar-refractivity contribution in [2.45, 2.75) is 19.8 Å². The number of nitrogens with zero attached hydrogens (tertiary/aromatic N) is 4. The number of hydrogen-bond acceptors (Lipinski definition) is 7. The number of benzene rings is 1. The fourth-order valence-corrected chi connectivity index (χ4v) is 2.45. The molecule has 3 aromatic rings. The molecule has 25 heavy (non-hydrogen) atoms. The quantitative estimate of drug-likeness (QED) is 0.734. The van der Waals surface area contributed by atoms with Gasteiger partial charge in [0.2, 0.25) is 5.95 Å². The van der Waals surface area contributed by atoms with Gasteiger partial charge in [-0.25, -0.2) is 9.67 Å². The van der Waals surface area contributed by atoms with Crippen molar-refractivity contribution in [2.75, 3.05) is 18.6 Å². The van der Waals surface area contributed by atoms with Crippen molar-refractivity contribution in [3.8, 4) is 22.9 Å². The highest BCUT2D eigenvalue weighted by atomic mass is 16.5. The Morgan fingerprint density at radius 1 is 1.12 bits per heavy atom. The molecule has 0 radical (unpaired) electrons. The molecule has 0 unspecified atom stereocenters. The van der Waals surface area contributed by atoms with E-state index in [9.17, 15) is 0 Å². The monoisotopic (exact) mass is 340 g/mol. The molecule has 0 atom stereocenters. The van der Waals surface area contributed by atoms with Crippen LogP contribution in [0.15, 0.2) is 36.8 Å². The normalized spacial score (nSPS) is 10.9. The van der Waals surface area contributed by atoms with Gasteiger partial charge < -0.3 is 20.9 Å². The number of aromatic nitrogens is 4. The zero-order chi connectivity index (χ0) is 18.0. The molecular formula is C17H20N6O2. The van der Waals surface area contributed by atoms with Crippen molar-refractivity contribution in [3.05, 3.63) is 42.4 Å². The zero-order valence-corrected chi connectivity index (χ0v) is 14.3. The average molecular weight is 340 g/mol. The summed E-state index contributed by atoms with van der Waals surface area (Å²) in [6.07, 6.45) is 4.99. The summed E-state index contributed by atoms with van der Waals surface area (Å²) in [5.41, 5.74) is 13.1. The molecule has 0 aliphatic carbocycles. The molecule has 0 aliphatic heterocycles. The number of rotatable bonds is 5. The van der Waals surface area contributed by atoms with E-state index in [1.54, 1.807) is 18.0 Å². The fraction of sp³-hybridized carbons (Fsp3) is 0.235. The maximum Gasteiger partial charge on any atom is 0.222 e. The third-order valence-corrected chi connectivity index (χ3v) is 3.71. The number of methoxy groups -OCH3 is 1. The van der Waals surface area contributed by atoms with Gasteiger partial charge in [-0.2, -0.15) is 10.1 Å². The Morgan fingerprint density at radius 2 is 1.92 bits per heavy atom. The molecule has 4 N–H and O–H groups in total. The standard InChI is InChI=1S/C17H20N6O2/c1-10(2)11-7-14(24-3)12(23-6-4-5-21-23)8-13(11)25-15-9-20-17(19)22-16(15)18/h4-10H,1-3H3,(H4,18,19,20,22). The van der Waals surface area contributed by atoms with Crippen molar-refractivity contribution >= 4 is 11.8 Å². The van der Waals surface area contributed by atoms with E-state index < -0.39 is 0 Å². The van der Waals surface area contributed by atoms with Crippen LogP contribution in [0.2, 0.25) is 0 Å². The van der Waals surface area contributed by atoms with E-state index in [4.69, 9.17) is 20.9 Å². The van der Waals surface area contributed by atoms with Gasteiger partial charge in [-0.15, -0.1) is 0 Å². The maximum absolute atomic E-state index is 5.99. The highest BCUT2D eigenvalue weighted by Crippen LogP contribution is 2.38. The Labute approximate surface area is 145 Å². The predicted octanol–water partition coefficient (Wildman–Crippen LogP) is 2.75. The van der Waals surface area contributed by atoms with E-state index in [-0.39, 0.29) is 17.7 Å². The summed E-state index contributed by atoms with van der Waals surface area (Å²) in [5, 5.41) is 4.26. The van der Waals surface area contributed by atoms with Crippen molar-refractivity contribution < 1.29 is 9.47 Å². The van der Waals surface area contributed by atoms with Crippen molar-refractivity contribution in [2.24, 2.45) is 0 Å². The second kappa shape index (κ2) is 6.68. The van der Waals surface area contributed by atoms with E-state index in [0.29, 0.717) is 17.2 Å². The Kier molecular flexibility index (Phi) is 4.42. The lowest BCUT2D eigenvalue weighted by atomic mass is 10.0. The first-order valence-electron chi connectivity index (χ1n) is 7.77. The Bertz CT molecular complexity index is 877. The largest absolute Gasteiger partial charge is 0.494 e. The molecule has 2 aromatic heterocycles. The highest BCUT2D eigenvalue weighted by molar-refractivity contribution is 5.58. The molecule has 8 nitrogen and oxygen atoms in total. The first kappa shape index (κ1) is 16.6. The van der Waals surface area contributed by atoms with Gasteiger partial charge in [-0.05, 0) is 18.1 Å². The van der Waals surface area contributed by atoms with Gasteiger partial charge in [-0.3, -0.25) is 0 Å². The summed E-state index contributed by atoms with van der Waals surface area (Å²) < 4.78 is 13.2. The zero-order valence-electron chi connectivity index (χ0n) is 14.3. The number of nitrogen functional groups attached to an aromatic ring is 2. The molecule has 2 heterocycles. The van der Waals surface area contributed by atoms with E-state index >= 15 is 0 Å². The first-order chi connectivity index (χ1) is 12.0. The summed E-state index contributed by atoms with van der Waals surface area (Å²) in [5.74, 6) is 2.14. The third kappa shape index (κ3) is 3.32. The Balaban J connectivity index is 2.11. The van der Waals surface area contributed by atoms with Gasteiger partial charge in [-0.1, -0.05) is 13.8 Å². The third-order valence-electron chi connectivity index (χ3n) is 3.71. The molecule has 1 aromatic carbocycles. The van der Waals surface area contributed by atoms with Crippen LogP contribution in [0.3, 0.4) is 0 Å². The lowest BCUT2D eigenvalue weighted by molar-refractivity contribution is 0.407. The van der Waals surface area contributed by atoms with Crippen LogP contribution in [-0.2, 0) is 0 Å². The van der Waals surface area contributed by atoms with Crippen molar-refractivity contribution in [1.82, 2.24) is 19.7 Å². The Hall–Kier alpha value is -3.29. The predicted molar refractivity (Wildman–Crippen MR) is 95.1 cm³/mol. The van der Waals surface area contributed by atoms with E-state index in [1.807, 2.05) is 24.4 Å². The van der Waals surface area contributed by atoms with Gasteiger partial charge >= 0.3 is 0 Å². The number of ether oxygens (including phenoxy) is 2. The van der Waals surface area contributed by atoms with Crippen molar-refractivity contribution in [1.29, 1.82) is 0 Å². The van der Waals surface area contributed by atoms with E-state index in [2.05, 4.69) is 28.9 Å². The summed E-state index contributed by atoms with van der Waals surface area (Å²) in [6, 6.07) is 5.63. The summed E-state index contributed by atoms with van der Waals surface area (Å²) in [6.45, 7) is 4.14. The second-order valence-electron chi connectivity index (χ2n) is 5.75. The molecule has 0 bridgehead atoms. The number of nitrogens with two attached hydrogens (primary N) is 2. The van der Waals surface area contributed by atoms with E-state index in [0.717, 1.165) is 11.3 Å². The molecule has 3 rings (SSSR count). The first-order valence-corrected chi connectivity index (χ1v) is 7.77. The maximum atomic E-state index is 5.99. The minimum Gasteiger partial charge on any atom is -0.494 e. The molecule has 0 saturated heterocycles. The topological polar surface area (TPSA) is 114 Å². The molecular weight excluding hydrogens is 320 g/mol. The van der Waals surface area contributed by atoms with Crippen LogP contribution in [-0.4, -0.2) is 26.9 Å². The lowest BCUT2D eigenvalue weighted by Crippen LogP contribution is -2.05. The fourth-order valence-electron chi connectivity index (χ4n) is 2.45. The van der Waals surface area contributed by atoms with Crippen LogP contribution in [0.1, 0.15) is 25.3 Å². The molecule has 0 spiro atoms. The Morgan fingerprint density at radius 3 is 2.52 bits per heavy atom. The van der Waals surface area contributed by atoms with Crippen LogP contribution in [0.4, 0.5) is 11.8 Å². The molecule has 0 saturated carbocycles. The van der Waals surface area contributed by atoms with Gasteiger partial charge in [0.15, 0.2) is 11.6 Å². The van der Waals surface area contributed by atoms with Gasteiger partial charge in [0.05, 0.1) is 13.3 Å². The van der Waals surface area contributed by atoms with Crippen LogP contribution in [0.25, 0.3) is 5.69 Å². The number of hydrogen-bond donors (Lipinski definition) is 2. The van der Waals surface area contributed by atoms with Gasteiger partial charge in [0.25, 0.3) is 0 Å².